The van der Waals surface area contributed by atoms with Crippen LogP contribution in [0.2, 0.25) is 0 Å². The first-order valence-electron chi connectivity index (χ1n) is 5.83. The second kappa shape index (κ2) is 6.80. The Labute approximate surface area is 92.0 Å². The molecule has 1 atom stereocenters. The molecule has 0 aromatic carbocycles. The van der Waals surface area contributed by atoms with E-state index in [-0.39, 0.29) is 11.9 Å². The van der Waals surface area contributed by atoms with E-state index in [1.807, 2.05) is 4.90 Å². The van der Waals surface area contributed by atoms with Crippen molar-refractivity contribution in [2.24, 2.45) is 0 Å². The van der Waals surface area contributed by atoms with E-state index in [4.69, 9.17) is 4.74 Å². The van der Waals surface area contributed by atoms with Gasteiger partial charge in [-0.25, -0.2) is 0 Å². The maximum Gasteiger partial charge on any atom is 0.224 e. The minimum Gasteiger partial charge on any atom is -0.380 e. The molecule has 1 N–H and O–H groups in total. The van der Waals surface area contributed by atoms with E-state index < -0.39 is 0 Å². The Kier molecular flexibility index (Phi) is 5.65. The van der Waals surface area contributed by atoms with Crippen molar-refractivity contribution in [1.29, 1.82) is 0 Å². The summed E-state index contributed by atoms with van der Waals surface area (Å²) in [4.78, 5) is 13.8. The van der Waals surface area contributed by atoms with Gasteiger partial charge in [0.2, 0.25) is 5.91 Å². The van der Waals surface area contributed by atoms with E-state index in [1.165, 1.54) is 0 Å². The van der Waals surface area contributed by atoms with Crippen molar-refractivity contribution in [1.82, 2.24) is 10.2 Å². The quantitative estimate of drug-likeness (QED) is 0.746. The lowest BCUT2D eigenvalue weighted by Crippen LogP contribution is -2.38. The minimum atomic E-state index is 0.244. The largest absolute Gasteiger partial charge is 0.380 e. The normalized spacial score (nSPS) is 19.7. The Morgan fingerprint density at radius 1 is 1.47 bits per heavy atom. The molecule has 1 unspecified atom stereocenters. The van der Waals surface area contributed by atoms with Gasteiger partial charge in [0, 0.05) is 32.2 Å². The number of carbonyl (C=O) groups is 1. The molecule has 1 rings (SSSR count). The molecule has 1 saturated heterocycles. The molecule has 0 aromatic rings. The molecule has 15 heavy (non-hydrogen) atoms. The summed E-state index contributed by atoms with van der Waals surface area (Å²) in [7, 11) is 0. The van der Waals surface area contributed by atoms with Crippen LogP contribution in [-0.4, -0.2) is 49.7 Å². The van der Waals surface area contributed by atoms with Crippen LogP contribution in [0.3, 0.4) is 0 Å². The molecule has 0 spiro atoms. The number of rotatable bonds is 4. The van der Waals surface area contributed by atoms with Gasteiger partial charge in [0.25, 0.3) is 0 Å². The predicted octanol–water partition coefficient (Wildman–Crippen LogP) is 0.623. The van der Waals surface area contributed by atoms with Gasteiger partial charge in [0.15, 0.2) is 0 Å². The van der Waals surface area contributed by atoms with E-state index in [0.717, 1.165) is 32.7 Å². The monoisotopic (exact) mass is 214 g/mol. The van der Waals surface area contributed by atoms with Crippen LogP contribution in [0.1, 0.15) is 26.7 Å². The van der Waals surface area contributed by atoms with Gasteiger partial charge in [-0.2, -0.15) is 0 Å². The van der Waals surface area contributed by atoms with Crippen LogP contribution < -0.4 is 5.32 Å². The molecule has 1 aliphatic rings. The molecular weight excluding hydrogens is 192 g/mol. The zero-order valence-corrected chi connectivity index (χ0v) is 9.79. The highest BCUT2D eigenvalue weighted by Gasteiger charge is 2.17. The molecule has 88 valence electrons. The number of nitrogens with one attached hydrogen (secondary N) is 1. The zero-order valence-electron chi connectivity index (χ0n) is 9.79. The van der Waals surface area contributed by atoms with Crippen molar-refractivity contribution in [3.8, 4) is 0 Å². The third kappa shape index (κ3) is 4.62. The number of carbonyl (C=O) groups excluding carboxylic acids is 1. The SMILES string of the molecule is CCNC(C)CC(=O)N1CCCOCC1. The molecule has 0 aliphatic carbocycles. The first-order valence-corrected chi connectivity index (χ1v) is 5.83. The number of hydrogen-bond donors (Lipinski definition) is 1. The van der Waals surface area contributed by atoms with Gasteiger partial charge in [-0.15, -0.1) is 0 Å². The Hall–Kier alpha value is -0.610. The summed E-state index contributed by atoms with van der Waals surface area (Å²) >= 11 is 0. The molecule has 1 fully saturated rings. The molecule has 4 heteroatoms. The van der Waals surface area contributed by atoms with Crippen LogP contribution in [0.5, 0.6) is 0 Å². The van der Waals surface area contributed by atoms with Gasteiger partial charge in [-0.1, -0.05) is 6.92 Å². The van der Waals surface area contributed by atoms with Gasteiger partial charge in [-0.3, -0.25) is 4.79 Å². The molecule has 1 aliphatic heterocycles. The van der Waals surface area contributed by atoms with E-state index in [0.29, 0.717) is 13.0 Å². The maximum absolute atomic E-state index is 11.9. The second-order valence-corrected chi connectivity index (χ2v) is 4.01. The van der Waals surface area contributed by atoms with Gasteiger partial charge < -0.3 is 15.0 Å². The molecule has 0 saturated carbocycles. The number of amides is 1. The average molecular weight is 214 g/mol. The maximum atomic E-state index is 11.9. The lowest BCUT2D eigenvalue weighted by molar-refractivity contribution is -0.131. The Morgan fingerprint density at radius 3 is 3.00 bits per heavy atom. The van der Waals surface area contributed by atoms with Crippen molar-refractivity contribution in [3.63, 3.8) is 0 Å². The van der Waals surface area contributed by atoms with Crippen LogP contribution in [0.25, 0.3) is 0 Å². The molecular formula is C11H22N2O2. The Morgan fingerprint density at radius 2 is 2.27 bits per heavy atom. The van der Waals surface area contributed by atoms with E-state index in [2.05, 4.69) is 19.2 Å². The highest BCUT2D eigenvalue weighted by molar-refractivity contribution is 5.76. The van der Waals surface area contributed by atoms with E-state index in [1.54, 1.807) is 0 Å². The van der Waals surface area contributed by atoms with Gasteiger partial charge >= 0.3 is 0 Å². The Balaban J connectivity index is 2.30. The predicted molar refractivity (Wildman–Crippen MR) is 59.8 cm³/mol. The summed E-state index contributed by atoms with van der Waals surface area (Å²) in [6.45, 7) is 8.08. The van der Waals surface area contributed by atoms with E-state index in [9.17, 15) is 4.79 Å². The van der Waals surface area contributed by atoms with Crippen molar-refractivity contribution < 1.29 is 9.53 Å². The topological polar surface area (TPSA) is 41.6 Å². The summed E-state index contributed by atoms with van der Waals surface area (Å²) in [5.74, 6) is 0.244. The highest BCUT2D eigenvalue weighted by Crippen LogP contribution is 2.03. The van der Waals surface area contributed by atoms with Gasteiger partial charge in [-0.05, 0) is 19.9 Å². The van der Waals surface area contributed by atoms with Crippen molar-refractivity contribution >= 4 is 5.91 Å². The molecule has 0 bridgehead atoms. The van der Waals surface area contributed by atoms with Crippen molar-refractivity contribution in [2.75, 3.05) is 32.8 Å². The fourth-order valence-corrected chi connectivity index (χ4v) is 1.81. The number of ether oxygens (including phenoxy) is 1. The molecule has 0 aromatic heterocycles. The molecule has 1 amide bonds. The van der Waals surface area contributed by atoms with Crippen molar-refractivity contribution in [2.45, 2.75) is 32.7 Å². The summed E-state index contributed by atoms with van der Waals surface area (Å²) in [5.41, 5.74) is 0. The number of nitrogens with zero attached hydrogens (tertiary/aromatic N) is 1. The lowest BCUT2D eigenvalue weighted by atomic mass is 10.2. The third-order valence-electron chi connectivity index (χ3n) is 2.61. The number of hydrogen-bond acceptors (Lipinski definition) is 3. The molecule has 0 radical (unpaired) electrons. The van der Waals surface area contributed by atoms with Crippen LogP contribution >= 0.6 is 0 Å². The zero-order chi connectivity index (χ0) is 11.1. The van der Waals surface area contributed by atoms with Crippen LogP contribution in [0, 0.1) is 0 Å². The fraction of sp³-hybridized carbons (Fsp3) is 0.909. The first-order chi connectivity index (χ1) is 7.24. The highest BCUT2D eigenvalue weighted by atomic mass is 16.5. The van der Waals surface area contributed by atoms with Gasteiger partial charge in [0.1, 0.15) is 0 Å². The molecule has 1 heterocycles. The van der Waals surface area contributed by atoms with Crippen LogP contribution in [0.15, 0.2) is 0 Å². The standard InChI is InChI=1S/C11H22N2O2/c1-3-12-10(2)9-11(14)13-5-4-7-15-8-6-13/h10,12H,3-9H2,1-2H3. The van der Waals surface area contributed by atoms with E-state index >= 15 is 0 Å². The summed E-state index contributed by atoms with van der Waals surface area (Å²) in [5, 5.41) is 3.25. The Bertz CT molecular complexity index is 189. The average Bonchev–Trinajstić information content (AvgIpc) is 2.45. The fourth-order valence-electron chi connectivity index (χ4n) is 1.81. The lowest BCUT2D eigenvalue weighted by Gasteiger charge is -2.21. The van der Waals surface area contributed by atoms with Crippen molar-refractivity contribution in [3.05, 3.63) is 0 Å². The summed E-state index contributed by atoms with van der Waals surface area (Å²) in [6.07, 6.45) is 1.55. The minimum absolute atomic E-state index is 0.244. The smallest absolute Gasteiger partial charge is 0.224 e. The second-order valence-electron chi connectivity index (χ2n) is 4.01. The molecule has 4 nitrogen and oxygen atoms in total. The summed E-state index contributed by atoms with van der Waals surface area (Å²) < 4.78 is 5.32. The summed E-state index contributed by atoms with van der Waals surface area (Å²) in [6, 6.07) is 0.270. The van der Waals surface area contributed by atoms with Gasteiger partial charge in [0.05, 0.1) is 6.61 Å². The van der Waals surface area contributed by atoms with Crippen LogP contribution in [-0.2, 0) is 9.53 Å². The third-order valence-corrected chi connectivity index (χ3v) is 2.61. The van der Waals surface area contributed by atoms with Crippen LogP contribution in [0.4, 0.5) is 0 Å². The first kappa shape index (κ1) is 12.5.